The van der Waals surface area contributed by atoms with Crippen molar-refractivity contribution in [2.75, 3.05) is 6.26 Å². The van der Waals surface area contributed by atoms with Gasteiger partial charge in [0, 0.05) is 6.26 Å². The van der Waals surface area contributed by atoms with Crippen molar-refractivity contribution in [1.29, 1.82) is 0 Å². The Bertz CT molecular complexity index is 566. The van der Waals surface area contributed by atoms with Crippen LogP contribution in [-0.4, -0.2) is 25.6 Å². The van der Waals surface area contributed by atoms with E-state index in [1.54, 1.807) is 0 Å². The summed E-state index contributed by atoms with van der Waals surface area (Å²) >= 11 is 0. The first-order chi connectivity index (χ1) is 7.53. The fourth-order valence-corrected chi connectivity index (χ4v) is 1.90. The standard InChI is InChI=1S/C8H7F3N2O3S/c1-17(15,16)7-4(6(12)14)2-3-5(13-7)8(9,10)11/h2-3H,1H3,(H2,12,14). The largest absolute Gasteiger partial charge is 0.433 e. The number of nitrogens with two attached hydrogens (primary N) is 1. The topological polar surface area (TPSA) is 90.1 Å². The molecule has 0 fully saturated rings. The number of sulfone groups is 1. The van der Waals surface area contributed by atoms with Crippen LogP contribution in [0.4, 0.5) is 13.2 Å². The fourth-order valence-electron chi connectivity index (χ4n) is 1.07. The number of aromatic nitrogens is 1. The molecule has 0 aliphatic heterocycles. The lowest BCUT2D eigenvalue weighted by molar-refractivity contribution is -0.141. The Hall–Kier alpha value is -1.64. The van der Waals surface area contributed by atoms with Gasteiger partial charge in [-0.25, -0.2) is 13.4 Å². The van der Waals surface area contributed by atoms with Crippen molar-refractivity contribution in [2.24, 2.45) is 5.73 Å². The summed E-state index contributed by atoms with van der Waals surface area (Å²) in [5.74, 6) is -1.16. The van der Waals surface area contributed by atoms with Gasteiger partial charge < -0.3 is 5.73 Å². The number of alkyl halides is 3. The molecular formula is C8H7F3N2O3S. The normalized spacial score (nSPS) is 12.5. The number of rotatable bonds is 2. The summed E-state index contributed by atoms with van der Waals surface area (Å²) in [6, 6.07) is 1.18. The van der Waals surface area contributed by atoms with E-state index in [1.807, 2.05) is 0 Å². The lowest BCUT2D eigenvalue weighted by atomic mass is 10.2. The van der Waals surface area contributed by atoms with Gasteiger partial charge in [-0.05, 0) is 12.1 Å². The number of halogens is 3. The minimum atomic E-state index is -4.80. The zero-order valence-electron chi connectivity index (χ0n) is 8.45. The van der Waals surface area contributed by atoms with Gasteiger partial charge in [0.1, 0.15) is 5.69 Å². The zero-order chi connectivity index (χ0) is 13.4. The molecule has 0 aliphatic rings. The van der Waals surface area contributed by atoms with Gasteiger partial charge in [0.05, 0.1) is 5.56 Å². The van der Waals surface area contributed by atoms with Crippen LogP contribution in [-0.2, 0) is 16.0 Å². The molecule has 1 amide bonds. The molecule has 0 atom stereocenters. The molecule has 0 unspecified atom stereocenters. The molecule has 0 spiro atoms. The highest BCUT2D eigenvalue weighted by Crippen LogP contribution is 2.29. The van der Waals surface area contributed by atoms with Crippen LogP contribution < -0.4 is 5.73 Å². The van der Waals surface area contributed by atoms with Crippen molar-refractivity contribution in [3.8, 4) is 0 Å². The van der Waals surface area contributed by atoms with Crippen molar-refractivity contribution >= 4 is 15.7 Å². The van der Waals surface area contributed by atoms with Gasteiger partial charge in [0.25, 0.3) is 5.91 Å². The second-order valence-electron chi connectivity index (χ2n) is 3.18. The third kappa shape index (κ3) is 2.93. The third-order valence-corrected chi connectivity index (χ3v) is 2.78. The molecule has 0 saturated carbocycles. The number of nitrogens with zero attached hydrogens (tertiary/aromatic N) is 1. The molecule has 2 N–H and O–H groups in total. The molecule has 0 saturated heterocycles. The summed E-state index contributed by atoms with van der Waals surface area (Å²) < 4.78 is 59.3. The second-order valence-corrected chi connectivity index (χ2v) is 5.11. The van der Waals surface area contributed by atoms with Crippen LogP contribution in [0.1, 0.15) is 16.1 Å². The Balaban J connectivity index is 3.57. The molecule has 0 aromatic carbocycles. The molecule has 9 heteroatoms. The Kier molecular flexibility index (Phi) is 3.15. The average molecular weight is 268 g/mol. The highest BCUT2D eigenvalue weighted by atomic mass is 32.2. The lowest BCUT2D eigenvalue weighted by Gasteiger charge is -2.09. The van der Waals surface area contributed by atoms with E-state index in [1.165, 1.54) is 0 Å². The molecule has 0 bridgehead atoms. The van der Waals surface area contributed by atoms with Crippen LogP contribution in [0, 0.1) is 0 Å². The summed E-state index contributed by atoms with van der Waals surface area (Å²) in [5.41, 5.74) is 2.88. The van der Waals surface area contributed by atoms with E-state index in [-0.39, 0.29) is 0 Å². The van der Waals surface area contributed by atoms with Gasteiger partial charge >= 0.3 is 6.18 Å². The number of carbonyl (C=O) groups is 1. The van der Waals surface area contributed by atoms with Crippen LogP contribution in [0.15, 0.2) is 17.2 Å². The first-order valence-corrected chi connectivity index (χ1v) is 6.00. The van der Waals surface area contributed by atoms with Crippen molar-refractivity contribution in [2.45, 2.75) is 11.2 Å². The predicted molar refractivity (Wildman–Crippen MR) is 50.9 cm³/mol. The summed E-state index contributed by atoms with van der Waals surface area (Å²) in [5, 5.41) is -0.972. The summed E-state index contributed by atoms with van der Waals surface area (Å²) in [7, 11) is -4.07. The van der Waals surface area contributed by atoms with Crippen LogP contribution in [0.2, 0.25) is 0 Å². The highest BCUT2D eigenvalue weighted by Gasteiger charge is 2.34. The SMILES string of the molecule is CS(=O)(=O)c1nc(C(F)(F)F)ccc1C(N)=O. The predicted octanol–water partition coefficient (Wildman–Crippen LogP) is 0.603. The molecule has 0 radical (unpaired) electrons. The van der Waals surface area contributed by atoms with E-state index in [0.717, 1.165) is 0 Å². The van der Waals surface area contributed by atoms with Crippen LogP contribution >= 0.6 is 0 Å². The van der Waals surface area contributed by atoms with Gasteiger partial charge in [-0.2, -0.15) is 13.2 Å². The second kappa shape index (κ2) is 3.99. The number of amides is 1. The van der Waals surface area contributed by atoms with Gasteiger partial charge in [-0.15, -0.1) is 0 Å². The van der Waals surface area contributed by atoms with E-state index in [9.17, 15) is 26.4 Å². The number of hydrogen-bond acceptors (Lipinski definition) is 4. The number of primary amides is 1. The maximum Gasteiger partial charge on any atom is 0.433 e. The minimum Gasteiger partial charge on any atom is -0.366 e. The maximum absolute atomic E-state index is 12.3. The Labute approximate surface area is 94.4 Å². The fraction of sp³-hybridized carbons (Fsp3) is 0.250. The van der Waals surface area contributed by atoms with Crippen molar-refractivity contribution in [3.63, 3.8) is 0 Å². The zero-order valence-corrected chi connectivity index (χ0v) is 9.26. The van der Waals surface area contributed by atoms with Gasteiger partial charge in [-0.3, -0.25) is 4.79 Å². The summed E-state index contributed by atoms with van der Waals surface area (Å²) in [6.07, 6.45) is -4.16. The third-order valence-electron chi connectivity index (χ3n) is 1.77. The molecule has 5 nitrogen and oxygen atoms in total. The minimum absolute atomic E-state index is 0.495. The van der Waals surface area contributed by atoms with Crippen LogP contribution in [0.3, 0.4) is 0 Å². The summed E-state index contributed by atoms with van der Waals surface area (Å²) in [4.78, 5) is 13.8. The monoisotopic (exact) mass is 268 g/mol. The molecule has 1 aromatic heterocycles. The van der Waals surface area contributed by atoms with Gasteiger partial charge in [0.2, 0.25) is 0 Å². The van der Waals surface area contributed by atoms with Crippen LogP contribution in [0.25, 0.3) is 0 Å². The first-order valence-electron chi connectivity index (χ1n) is 4.11. The Morgan fingerprint density at radius 1 is 1.35 bits per heavy atom. The number of hydrogen-bond donors (Lipinski definition) is 1. The quantitative estimate of drug-likeness (QED) is 0.850. The number of carbonyl (C=O) groups excluding carboxylic acids is 1. The average Bonchev–Trinajstić information content (AvgIpc) is 2.14. The molecule has 1 aromatic rings. The Morgan fingerprint density at radius 2 is 1.88 bits per heavy atom. The first kappa shape index (κ1) is 13.4. The molecule has 1 heterocycles. The van der Waals surface area contributed by atoms with E-state index < -0.39 is 38.2 Å². The molecule has 0 aliphatic carbocycles. The summed E-state index contributed by atoms with van der Waals surface area (Å²) in [6.45, 7) is 0. The Morgan fingerprint density at radius 3 is 2.24 bits per heavy atom. The van der Waals surface area contributed by atoms with E-state index >= 15 is 0 Å². The van der Waals surface area contributed by atoms with E-state index in [0.29, 0.717) is 18.4 Å². The number of pyridine rings is 1. The highest BCUT2D eigenvalue weighted by molar-refractivity contribution is 7.90. The smallest absolute Gasteiger partial charge is 0.366 e. The molecular weight excluding hydrogens is 261 g/mol. The van der Waals surface area contributed by atoms with E-state index in [2.05, 4.69) is 4.98 Å². The molecule has 94 valence electrons. The van der Waals surface area contributed by atoms with Crippen molar-refractivity contribution in [3.05, 3.63) is 23.4 Å². The lowest BCUT2D eigenvalue weighted by Crippen LogP contribution is -2.19. The van der Waals surface area contributed by atoms with Gasteiger partial charge in [0.15, 0.2) is 14.9 Å². The van der Waals surface area contributed by atoms with Gasteiger partial charge in [-0.1, -0.05) is 0 Å². The molecule has 1 rings (SSSR count). The van der Waals surface area contributed by atoms with Crippen molar-refractivity contribution < 1.29 is 26.4 Å². The molecule has 17 heavy (non-hydrogen) atoms. The maximum atomic E-state index is 12.3. The van der Waals surface area contributed by atoms with Crippen LogP contribution in [0.5, 0.6) is 0 Å². The van der Waals surface area contributed by atoms with Crippen molar-refractivity contribution in [1.82, 2.24) is 4.98 Å². The van der Waals surface area contributed by atoms with E-state index in [4.69, 9.17) is 5.73 Å².